The van der Waals surface area contributed by atoms with Gasteiger partial charge in [-0.05, 0) is 49.1 Å². The molecule has 3 amide bonds. The monoisotopic (exact) mass is 499 g/mol. The number of carbonyl (C=O) groups is 3. The van der Waals surface area contributed by atoms with Crippen molar-refractivity contribution in [1.82, 2.24) is 14.1 Å². The first-order valence-electron chi connectivity index (χ1n) is 12.0. The lowest BCUT2D eigenvalue weighted by molar-refractivity contribution is -0.140. The molecule has 0 radical (unpaired) electrons. The molecule has 2 unspecified atom stereocenters. The van der Waals surface area contributed by atoms with Crippen molar-refractivity contribution in [2.45, 2.75) is 44.0 Å². The Morgan fingerprint density at radius 3 is 2.26 bits per heavy atom. The molecule has 9 nitrogen and oxygen atoms in total. The van der Waals surface area contributed by atoms with Crippen LogP contribution >= 0.6 is 0 Å². The zero-order valence-electron chi connectivity index (χ0n) is 19.7. The van der Waals surface area contributed by atoms with E-state index in [1.165, 1.54) is 15.5 Å². The fourth-order valence-electron chi connectivity index (χ4n) is 5.42. The van der Waals surface area contributed by atoms with Crippen molar-refractivity contribution < 1.29 is 27.2 Å². The Kier molecular flexibility index (Phi) is 6.27. The Hall–Kier alpha value is -2.98. The number of nitrogens with zero attached hydrogens (tertiary/aromatic N) is 3. The second kappa shape index (κ2) is 9.23. The summed E-state index contributed by atoms with van der Waals surface area (Å²) in [4.78, 5) is 41.3. The maximum Gasteiger partial charge on any atom is 0.289 e. The van der Waals surface area contributed by atoms with Crippen LogP contribution in [0.4, 0.5) is 0 Å². The summed E-state index contributed by atoms with van der Waals surface area (Å²) in [5, 5.41) is 0. The van der Waals surface area contributed by atoms with Gasteiger partial charge in [-0.1, -0.05) is 25.0 Å². The molecule has 2 aromatic rings. The number of hydrogen-bond donors (Lipinski definition) is 0. The number of rotatable bonds is 5. The first-order valence-corrected chi connectivity index (χ1v) is 13.5. The van der Waals surface area contributed by atoms with Crippen LogP contribution < -0.4 is 0 Å². The summed E-state index contributed by atoms with van der Waals surface area (Å²) in [5.41, 5.74) is 1.21. The predicted molar refractivity (Wildman–Crippen MR) is 126 cm³/mol. The minimum absolute atomic E-state index is 0.0822. The molecule has 0 bridgehead atoms. The van der Waals surface area contributed by atoms with E-state index in [1.54, 1.807) is 42.2 Å². The SMILES string of the molecule is Cc1ccc(CN2C(=O)C3CCCCC3C2=O)cc1S(=O)(=O)N1CCN(C(=O)c2ccco2)CC1. The molecule has 3 fully saturated rings. The van der Waals surface area contributed by atoms with Gasteiger partial charge in [-0.2, -0.15) is 4.31 Å². The standard InChI is InChI=1S/C25H29N3O6S/c1-17-8-9-18(16-28-23(29)19-5-2-3-6-20(19)24(28)30)15-22(17)35(32,33)27-12-10-26(11-13-27)25(31)21-7-4-14-34-21/h4,7-9,14-15,19-20H,2-3,5-6,10-13,16H2,1H3. The molecule has 1 aliphatic carbocycles. The number of benzene rings is 1. The predicted octanol–water partition coefficient (Wildman–Crippen LogP) is 2.41. The number of hydrogen-bond acceptors (Lipinski definition) is 6. The van der Waals surface area contributed by atoms with Crippen molar-refractivity contribution >= 4 is 27.7 Å². The van der Waals surface area contributed by atoms with Gasteiger partial charge < -0.3 is 9.32 Å². The molecular formula is C25H29N3O6S. The van der Waals surface area contributed by atoms with Crippen LogP contribution in [0.25, 0.3) is 0 Å². The maximum absolute atomic E-state index is 13.5. The molecular weight excluding hydrogens is 470 g/mol. The summed E-state index contributed by atoms with van der Waals surface area (Å²) in [7, 11) is -3.82. The van der Waals surface area contributed by atoms with Gasteiger partial charge in [0.1, 0.15) is 0 Å². The number of aryl methyl sites for hydroxylation is 1. The number of likely N-dealkylation sites (tertiary alicyclic amines) is 1. The van der Waals surface area contributed by atoms with Crippen molar-refractivity contribution in [3.63, 3.8) is 0 Å². The number of imide groups is 1. The van der Waals surface area contributed by atoms with Crippen LogP contribution in [0.15, 0.2) is 45.9 Å². The first-order chi connectivity index (χ1) is 16.8. The maximum atomic E-state index is 13.5. The second-order valence-corrected chi connectivity index (χ2v) is 11.4. The van der Waals surface area contributed by atoms with Crippen LogP contribution in [-0.4, -0.2) is 66.4 Å². The number of piperazine rings is 1. The van der Waals surface area contributed by atoms with Crippen LogP contribution in [-0.2, 0) is 26.2 Å². The largest absolute Gasteiger partial charge is 0.459 e. The topological polar surface area (TPSA) is 108 Å². The van der Waals surface area contributed by atoms with Crippen molar-refractivity contribution in [2.24, 2.45) is 11.8 Å². The minimum Gasteiger partial charge on any atom is -0.459 e. The molecule has 1 aromatic heterocycles. The van der Waals surface area contributed by atoms with Gasteiger partial charge in [0.2, 0.25) is 21.8 Å². The van der Waals surface area contributed by atoms with Crippen molar-refractivity contribution in [3.8, 4) is 0 Å². The molecule has 2 aliphatic heterocycles. The molecule has 1 saturated carbocycles. The highest BCUT2D eigenvalue weighted by Gasteiger charge is 2.48. The van der Waals surface area contributed by atoms with Crippen molar-refractivity contribution in [1.29, 1.82) is 0 Å². The fourth-order valence-corrected chi connectivity index (χ4v) is 7.11. The van der Waals surface area contributed by atoms with E-state index in [-0.39, 0.29) is 72.9 Å². The molecule has 186 valence electrons. The molecule has 1 aromatic carbocycles. The molecule has 3 heterocycles. The lowest BCUT2D eigenvalue weighted by atomic mass is 9.81. The first kappa shape index (κ1) is 23.7. The van der Waals surface area contributed by atoms with Gasteiger partial charge in [0.05, 0.1) is 29.5 Å². The van der Waals surface area contributed by atoms with E-state index in [0.717, 1.165) is 25.7 Å². The number of furan rings is 1. The Bertz CT molecular complexity index is 1220. The highest BCUT2D eigenvalue weighted by atomic mass is 32.2. The highest BCUT2D eigenvalue weighted by molar-refractivity contribution is 7.89. The highest BCUT2D eigenvalue weighted by Crippen LogP contribution is 2.38. The summed E-state index contributed by atoms with van der Waals surface area (Å²) in [6.07, 6.45) is 4.84. The van der Waals surface area contributed by atoms with E-state index in [2.05, 4.69) is 0 Å². The van der Waals surface area contributed by atoms with E-state index in [1.807, 2.05) is 0 Å². The summed E-state index contributed by atoms with van der Waals surface area (Å²) in [6, 6.07) is 8.30. The quantitative estimate of drug-likeness (QED) is 0.585. The minimum atomic E-state index is -3.82. The van der Waals surface area contributed by atoms with E-state index in [4.69, 9.17) is 4.42 Å². The van der Waals surface area contributed by atoms with Crippen LogP contribution in [0, 0.1) is 18.8 Å². The van der Waals surface area contributed by atoms with Crippen molar-refractivity contribution in [3.05, 3.63) is 53.5 Å². The van der Waals surface area contributed by atoms with E-state index in [9.17, 15) is 22.8 Å². The molecule has 2 atom stereocenters. The Balaban J connectivity index is 1.31. The number of amides is 3. The molecule has 2 saturated heterocycles. The zero-order chi connectivity index (χ0) is 24.7. The molecule has 0 N–H and O–H groups in total. The summed E-state index contributed by atoms with van der Waals surface area (Å²) < 4.78 is 33.5. The average molecular weight is 500 g/mol. The van der Waals surface area contributed by atoms with Crippen LogP contribution in [0.3, 0.4) is 0 Å². The van der Waals surface area contributed by atoms with Gasteiger partial charge in [-0.15, -0.1) is 0 Å². The number of sulfonamides is 1. The van der Waals surface area contributed by atoms with Gasteiger partial charge in [0.15, 0.2) is 5.76 Å². The van der Waals surface area contributed by atoms with Gasteiger partial charge >= 0.3 is 0 Å². The summed E-state index contributed by atoms with van der Waals surface area (Å²) in [5.74, 6) is -0.763. The normalized spacial score (nSPS) is 23.6. The Labute approximate surface area is 204 Å². The summed E-state index contributed by atoms with van der Waals surface area (Å²) in [6.45, 7) is 2.68. The Morgan fingerprint density at radius 1 is 1.00 bits per heavy atom. The van der Waals surface area contributed by atoms with Gasteiger partial charge in [-0.3, -0.25) is 19.3 Å². The van der Waals surface area contributed by atoms with E-state index in [0.29, 0.717) is 11.1 Å². The average Bonchev–Trinajstić information content (AvgIpc) is 3.49. The van der Waals surface area contributed by atoms with Crippen LogP contribution in [0.2, 0.25) is 0 Å². The lowest BCUT2D eigenvalue weighted by Crippen LogP contribution is -2.50. The number of carbonyl (C=O) groups excluding carboxylic acids is 3. The van der Waals surface area contributed by atoms with E-state index >= 15 is 0 Å². The molecule has 3 aliphatic rings. The summed E-state index contributed by atoms with van der Waals surface area (Å²) >= 11 is 0. The lowest BCUT2D eigenvalue weighted by Gasteiger charge is -2.34. The van der Waals surface area contributed by atoms with Gasteiger partial charge in [0, 0.05) is 26.2 Å². The van der Waals surface area contributed by atoms with Crippen LogP contribution in [0.1, 0.15) is 47.4 Å². The van der Waals surface area contributed by atoms with Gasteiger partial charge in [0.25, 0.3) is 5.91 Å². The van der Waals surface area contributed by atoms with E-state index < -0.39 is 10.0 Å². The fraction of sp³-hybridized carbons (Fsp3) is 0.480. The third-order valence-electron chi connectivity index (χ3n) is 7.40. The van der Waals surface area contributed by atoms with Gasteiger partial charge in [-0.25, -0.2) is 8.42 Å². The zero-order valence-corrected chi connectivity index (χ0v) is 20.5. The molecule has 5 rings (SSSR count). The molecule has 35 heavy (non-hydrogen) atoms. The van der Waals surface area contributed by atoms with Crippen molar-refractivity contribution in [2.75, 3.05) is 26.2 Å². The smallest absolute Gasteiger partial charge is 0.289 e. The Morgan fingerprint density at radius 2 is 1.66 bits per heavy atom. The third kappa shape index (κ3) is 4.29. The van der Waals surface area contributed by atoms with Crippen LogP contribution in [0.5, 0.6) is 0 Å². The number of fused-ring (bicyclic) bond motifs is 1. The third-order valence-corrected chi connectivity index (χ3v) is 9.44. The molecule has 0 spiro atoms. The molecule has 10 heteroatoms. The second-order valence-electron chi connectivity index (χ2n) is 9.53.